The molecule has 0 aliphatic rings. The van der Waals surface area contributed by atoms with Crippen LogP contribution in [0.1, 0.15) is 19.4 Å². The molecule has 0 atom stereocenters. The first-order valence-electron chi connectivity index (χ1n) is 5.72. The molecule has 0 saturated heterocycles. The van der Waals surface area contributed by atoms with Gasteiger partial charge in [-0.1, -0.05) is 31.5 Å². The lowest BCUT2D eigenvalue weighted by molar-refractivity contribution is 0.351. The summed E-state index contributed by atoms with van der Waals surface area (Å²) in [6, 6.07) is 5.72. The maximum absolute atomic E-state index is 6.15. The normalized spacial score (nSPS) is 11.6. The van der Waals surface area contributed by atoms with Crippen molar-refractivity contribution in [3.63, 3.8) is 0 Å². The first kappa shape index (κ1) is 14.3. The van der Waals surface area contributed by atoms with E-state index in [0.29, 0.717) is 6.54 Å². The molecule has 1 aromatic rings. The van der Waals surface area contributed by atoms with Crippen molar-refractivity contribution in [3.05, 3.63) is 28.8 Å². The molecule has 0 fully saturated rings. The van der Waals surface area contributed by atoms with E-state index in [1.165, 1.54) is 0 Å². The molecule has 0 aromatic heterocycles. The number of methoxy groups -OCH3 is 1. The van der Waals surface area contributed by atoms with Gasteiger partial charge >= 0.3 is 0 Å². The van der Waals surface area contributed by atoms with Crippen LogP contribution in [-0.2, 0) is 6.54 Å². The molecule has 3 nitrogen and oxygen atoms in total. The van der Waals surface area contributed by atoms with E-state index >= 15 is 0 Å². The van der Waals surface area contributed by atoms with Crippen molar-refractivity contribution in [2.24, 2.45) is 11.1 Å². The molecule has 0 amide bonds. The van der Waals surface area contributed by atoms with Crippen LogP contribution in [0.5, 0.6) is 5.75 Å². The van der Waals surface area contributed by atoms with E-state index in [0.717, 1.165) is 29.4 Å². The second kappa shape index (κ2) is 6.24. The van der Waals surface area contributed by atoms with Crippen molar-refractivity contribution in [2.45, 2.75) is 20.4 Å². The molecule has 0 heterocycles. The predicted octanol–water partition coefficient (Wildman–Crippen LogP) is 2.42. The Morgan fingerprint density at radius 2 is 2.12 bits per heavy atom. The zero-order chi connectivity index (χ0) is 12.9. The van der Waals surface area contributed by atoms with Crippen molar-refractivity contribution >= 4 is 11.6 Å². The van der Waals surface area contributed by atoms with E-state index in [1.54, 1.807) is 7.11 Å². The molecule has 0 unspecified atom stereocenters. The second-order valence-electron chi connectivity index (χ2n) is 4.93. The second-order valence-corrected chi connectivity index (χ2v) is 5.34. The Bertz CT molecular complexity index is 366. The van der Waals surface area contributed by atoms with E-state index < -0.39 is 0 Å². The third-order valence-corrected chi connectivity index (χ3v) is 3.08. The highest BCUT2D eigenvalue weighted by Crippen LogP contribution is 2.22. The van der Waals surface area contributed by atoms with Gasteiger partial charge < -0.3 is 15.8 Å². The van der Waals surface area contributed by atoms with Gasteiger partial charge in [-0.05, 0) is 29.7 Å². The molecule has 0 bridgehead atoms. The average Bonchev–Trinajstić information content (AvgIpc) is 2.31. The van der Waals surface area contributed by atoms with E-state index in [4.69, 9.17) is 22.1 Å². The number of nitrogens with one attached hydrogen (secondary N) is 1. The van der Waals surface area contributed by atoms with Crippen LogP contribution in [0, 0.1) is 5.41 Å². The van der Waals surface area contributed by atoms with Gasteiger partial charge in [0, 0.05) is 18.1 Å². The standard InChI is InChI=1S/C13H21ClN2O/c1-13(2,8-15)9-16-7-10-4-5-11(17-3)6-12(10)14/h4-6,16H,7-9,15H2,1-3H3. The van der Waals surface area contributed by atoms with Crippen LogP contribution in [0.2, 0.25) is 5.02 Å². The summed E-state index contributed by atoms with van der Waals surface area (Å²) in [4.78, 5) is 0. The van der Waals surface area contributed by atoms with Crippen molar-refractivity contribution in [1.29, 1.82) is 0 Å². The van der Waals surface area contributed by atoms with E-state index in [-0.39, 0.29) is 5.41 Å². The monoisotopic (exact) mass is 256 g/mol. The van der Waals surface area contributed by atoms with Crippen LogP contribution in [0.15, 0.2) is 18.2 Å². The Hall–Kier alpha value is -0.770. The molecule has 0 aliphatic carbocycles. The first-order chi connectivity index (χ1) is 7.98. The number of benzene rings is 1. The molecule has 17 heavy (non-hydrogen) atoms. The van der Waals surface area contributed by atoms with Gasteiger partial charge in [0.2, 0.25) is 0 Å². The van der Waals surface area contributed by atoms with Crippen molar-refractivity contribution in [2.75, 3.05) is 20.2 Å². The minimum Gasteiger partial charge on any atom is -0.497 e. The maximum Gasteiger partial charge on any atom is 0.120 e. The summed E-state index contributed by atoms with van der Waals surface area (Å²) in [5.74, 6) is 0.779. The summed E-state index contributed by atoms with van der Waals surface area (Å²) >= 11 is 6.15. The fraction of sp³-hybridized carbons (Fsp3) is 0.538. The zero-order valence-corrected chi connectivity index (χ0v) is 11.5. The lowest BCUT2D eigenvalue weighted by Crippen LogP contribution is -2.35. The van der Waals surface area contributed by atoms with Gasteiger partial charge in [-0.3, -0.25) is 0 Å². The Morgan fingerprint density at radius 1 is 1.41 bits per heavy atom. The lowest BCUT2D eigenvalue weighted by atomic mass is 9.94. The van der Waals surface area contributed by atoms with Crippen LogP contribution in [0.4, 0.5) is 0 Å². The van der Waals surface area contributed by atoms with Crippen LogP contribution in [-0.4, -0.2) is 20.2 Å². The van der Waals surface area contributed by atoms with Gasteiger partial charge in [0.05, 0.1) is 7.11 Å². The third kappa shape index (κ3) is 4.54. The van der Waals surface area contributed by atoms with Crippen LogP contribution < -0.4 is 15.8 Å². The van der Waals surface area contributed by atoms with E-state index in [1.807, 2.05) is 18.2 Å². The van der Waals surface area contributed by atoms with Gasteiger partial charge in [0.1, 0.15) is 5.75 Å². The van der Waals surface area contributed by atoms with Gasteiger partial charge in [0.25, 0.3) is 0 Å². The highest BCUT2D eigenvalue weighted by Gasteiger charge is 2.14. The predicted molar refractivity (Wildman–Crippen MR) is 72.5 cm³/mol. The molecule has 3 N–H and O–H groups in total. The van der Waals surface area contributed by atoms with Gasteiger partial charge in [0.15, 0.2) is 0 Å². The van der Waals surface area contributed by atoms with Gasteiger partial charge in [-0.25, -0.2) is 0 Å². The van der Waals surface area contributed by atoms with Crippen LogP contribution in [0.25, 0.3) is 0 Å². The highest BCUT2D eigenvalue weighted by atomic mass is 35.5. The molecule has 0 saturated carbocycles. The molecule has 4 heteroatoms. The van der Waals surface area contributed by atoms with E-state index in [2.05, 4.69) is 19.2 Å². The molecular formula is C13H21ClN2O. The molecule has 0 aliphatic heterocycles. The molecule has 0 spiro atoms. The molecule has 96 valence electrons. The number of hydrogen-bond donors (Lipinski definition) is 2. The number of ether oxygens (including phenoxy) is 1. The fourth-order valence-electron chi connectivity index (χ4n) is 1.41. The van der Waals surface area contributed by atoms with Gasteiger partial charge in [-0.15, -0.1) is 0 Å². The molecular weight excluding hydrogens is 236 g/mol. The number of halogens is 1. The Balaban J connectivity index is 2.52. The van der Waals surface area contributed by atoms with Crippen LogP contribution >= 0.6 is 11.6 Å². The largest absolute Gasteiger partial charge is 0.497 e. The van der Waals surface area contributed by atoms with Crippen molar-refractivity contribution < 1.29 is 4.74 Å². The summed E-state index contributed by atoms with van der Waals surface area (Å²) in [5.41, 5.74) is 6.85. The Morgan fingerprint density at radius 3 is 2.65 bits per heavy atom. The topological polar surface area (TPSA) is 47.3 Å². The Labute approximate surface area is 108 Å². The van der Waals surface area contributed by atoms with Crippen LogP contribution in [0.3, 0.4) is 0 Å². The third-order valence-electron chi connectivity index (χ3n) is 2.73. The number of rotatable bonds is 6. The Kier molecular flexibility index (Phi) is 5.25. The lowest BCUT2D eigenvalue weighted by Gasteiger charge is -2.22. The summed E-state index contributed by atoms with van der Waals surface area (Å²) in [6.07, 6.45) is 0. The van der Waals surface area contributed by atoms with Crippen molar-refractivity contribution in [1.82, 2.24) is 5.32 Å². The zero-order valence-electron chi connectivity index (χ0n) is 10.7. The smallest absolute Gasteiger partial charge is 0.120 e. The average molecular weight is 257 g/mol. The molecule has 1 rings (SSSR count). The minimum absolute atomic E-state index is 0.110. The maximum atomic E-state index is 6.15. The SMILES string of the molecule is COc1ccc(CNCC(C)(C)CN)c(Cl)c1. The first-order valence-corrected chi connectivity index (χ1v) is 6.09. The van der Waals surface area contributed by atoms with Gasteiger partial charge in [-0.2, -0.15) is 0 Å². The minimum atomic E-state index is 0.110. The quantitative estimate of drug-likeness (QED) is 0.822. The highest BCUT2D eigenvalue weighted by molar-refractivity contribution is 6.31. The summed E-state index contributed by atoms with van der Waals surface area (Å²) in [6.45, 7) is 6.54. The van der Waals surface area contributed by atoms with E-state index in [9.17, 15) is 0 Å². The summed E-state index contributed by atoms with van der Waals surface area (Å²) < 4.78 is 5.10. The summed E-state index contributed by atoms with van der Waals surface area (Å²) in [5, 5.41) is 4.09. The summed E-state index contributed by atoms with van der Waals surface area (Å²) in [7, 11) is 1.63. The number of hydrogen-bond acceptors (Lipinski definition) is 3. The fourth-order valence-corrected chi connectivity index (χ4v) is 1.64. The molecule has 0 radical (unpaired) electrons. The van der Waals surface area contributed by atoms with Crippen molar-refractivity contribution in [3.8, 4) is 5.75 Å². The molecule has 1 aromatic carbocycles. The number of nitrogens with two attached hydrogens (primary N) is 1.